The summed E-state index contributed by atoms with van der Waals surface area (Å²) in [5.74, 6) is -0.326. The van der Waals surface area contributed by atoms with E-state index in [4.69, 9.17) is 9.99 Å². The number of rotatable bonds is 8. The maximum atomic E-state index is 12.0. The first-order valence-electron chi connectivity index (χ1n) is 7.04. The van der Waals surface area contributed by atoms with Crippen LogP contribution < -0.4 is 0 Å². The Morgan fingerprint density at radius 3 is 2.37 bits per heavy atom. The van der Waals surface area contributed by atoms with E-state index in [1.54, 1.807) is 13.0 Å². The van der Waals surface area contributed by atoms with Crippen molar-refractivity contribution < 1.29 is 19.7 Å². The summed E-state index contributed by atoms with van der Waals surface area (Å²) in [4.78, 5) is 16.3. The topological polar surface area (TPSA) is 55.8 Å². The molecule has 0 rings (SSSR count). The number of carbonyl (C=O) groups excluding carboxylic acids is 1. The molecule has 0 aromatic heterocycles. The lowest BCUT2D eigenvalue weighted by molar-refractivity contribution is -0.261. The van der Waals surface area contributed by atoms with Crippen molar-refractivity contribution in [3.05, 3.63) is 11.6 Å². The molecule has 0 aromatic carbocycles. The molecular formula is C15H28O4. The Morgan fingerprint density at radius 2 is 1.89 bits per heavy atom. The normalized spacial score (nSPS) is 14.3. The van der Waals surface area contributed by atoms with E-state index in [2.05, 4.69) is 11.8 Å². The molecule has 4 nitrogen and oxygen atoms in total. The molecule has 1 N–H and O–H groups in total. The average Bonchev–Trinajstić information content (AvgIpc) is 2.30. The van der Waals surface area contributed by atoms with Crippen molar-refractivity contribution in [3.63, 3.8) is 0 Å². The van der Waals surface area contributed by atoms with Gasteiger partial charge in [-0.3, -0.25) is 5.26 Å². The molecule has 0 radical (unpaired) electrons. The van der Waals surface area contributed by atoms with Gasteiger partial charge >= 0.3 is 5.97 Å². The van der Waals surface area contributed by atoms with E-state index in [0.29, 0.717) is 12.0 Å². The first-order valence-corrected chi connectivity index (χ1v) is 7.04. The van der Waals surface area contributed by atoms with E-state index in [0.717, 1.165) is 25.7 Å². The van der Waals surface area contributed by atoms with Crippen LogP contribution in [0.25, 0.3) is 0 Å². The summed E-state index contributed by atoms with van der Waals surface area (Å²) in [6, 6.07) is 0. The van der Waals surface area contributed by atoms with Crippen LogP contribution in [-0.4, -0.2) is 22.9 Å². The molecule has 0 amide bonds. The van der Waals surface area contributed by atoms with Crippen molar-refractivity contribution in [2.75, 3.05) is 0 Å². The molecule has 1 unspecified atom stereocenters. The van der Waals surface area contributed by atoms with Gasteiger partial charge in [-0.25, -0.2) is 9.68 Å². The second-order valence-electron chi connectivity index (χ2n) is 5.81. The molecule has 0 aliphatic rings. The molecule has 0 fully saturated rings. The molecule has 0 spiro atoms. The van der Waals surface area contributed by atoms with Crippen LogP contribution in [0.3, 0.4) is 0 Å². The van der Waals surface area contributed by atoms with Gasteiger partial charge in [-0.1, -0.05) is 26.2 Å². The van der Waals surface area contributed by atoms with Gasteiger partial charge in [0.25, 0.3) is 0 Å². The predicted octanol–water partition coefficient (Wildman–Crippen LogP) is 4.10. The summed E-state index contributed by atoms with van der Waals surface area (Å²) >= 11 is 0. The molecule has 4 heteroatoms. The van der Waals surface area contributed by atoms with Crippen molar-refractivity contribution >= 4 is 5.97 Å². The smallest absolute Gasteiger partial charge is 0.334 e. The van der Waals surface area contributed by atoms with Crippen molar-refractivity contribution in [1.29, 1.82) is 0 Å². The highest BCUT2D eigenvalue weighted by atomic mass is 17.1. The van der Waals surface area contributed by atoms with Crippen LogP contribution in [0.4, 0.5) is 0 Å². The Hall–Kier alpha value is -0.870. The fraction of sp³-hybridized carbons (Fsp3) is 0.800. The van der Waals surface area contributed by atoms with Crippen LogP contribution in [0.15, 0.2) is 11.6 Å². The maximum absolute atomic E-state index is 12.0. The number of hydrogen-bond acceptors (Lipinski definition) is 4. The van der Waals surface area contributed by atoms with E-state index in [-0.39, 0.29) is 5.97 Å². The molecule has 0 aliphatic heterocycles. The zero-order valence-corrected chi connectivity index (χ0v) is 12.9. The van der Waals surface area contributed by atoms with E-state index >= 15 is 0 Å². The number of ether oxygens (including phenoxy) is 1. The third-order valence-electron chi connectivity index (χ3n) is 2.56. The molecule has 0 bridgehead atoms. The van der Waals surface area contributed by atoms with Gasteiger partial charge in [0, 0.05) is 5.57 Å². The molecule has 0 saturated heterocycles. The lowest BCUT2D eigenvalue weighted by Crippen LogP contribution is -2.25. The van der Waals surface area contributed by atoms with Crippen molar-refractivity contribution in [1.82, 2.24) is 0 Å². The summed E-state index contributed by atoms with van der Waals surface area (Å²) in [7, 11) is 0. The molecule has 0 aliphatic carbocycles. The number of unbranched alkanes of at least 4 members (excludes halogenated alkanes) is 3. The van der Waals surface area contributed by atoms with Crippen LogP contribution in [-0.2, 0) is 14.4 Å². The Bertz CT molecular complexity index is 289. The lowest BCUT2D eigenvalue weighted by atomic mass is 10.0. The number of hydrogen-bond donors (Lipinski definition) is 1. The second kappa shape index (κ2) is 9.10. The third-order valence-corrected chi connectivity index (χ3v) is 2.56. The first-order chi connectivity index (χ1) is 8.80. The predicted molar refractivity (Wildman–Crippen MR) is 75.9 cm³/mol. The summed E-state index contributed by atoms with van der Waals surface area (Å²) in [6.07, 6.45) is 6.12. The van der Waals surface area contributed by atoms with Crippen LogP contribution in [0.2, 0.25) is 0 Å². The summed E-state index contributed by atoms with van der Waals surface area (Å²) in [5, 5.41) is 8.61. The SMILES string of the molecule is CCCCCCC(=CC(C)OO)C(=O)OC(C)(C)C. The van der Waals surface area contributed by atoms with Crippen LogP contribution in [0.1, 0.15) is 66.7 Å². The summed E-state index contributed by atoms with van der Waals surface area (Å²) < 4.78 is 5.36. The Morgan fingerprint density at radius 1 is 1.26 bits per heavy atom. The lowest BCUT2D eigenvalue weighted by Gasteiger charge is -2.21. The first kappa shape index (κ1) is 18.1. The van der Waals surface area contributed by atoms with Crippen molar-refractivity contribution in [2.45, 2.75) is 78.4 Å². The number of esters is 1. The van der Waals surface area contributed by atoms with Gasteiger partial charge in [0.15, 0.2) is 0 Å². The summed E-state index contributed by atoms with van der Waals surface area (Å²) in [5.41, 5.74) is 0.0655. The van der Waals surface area contributed by atoms with E-state index < -0.39 is 11.7 Å². The second-order valence-corrected chi connectivity index (χ2v) is 5.81. The molecule has 19 heavy (non-hydrogen) atoms. The van der Waals surface area contributed by atoms with E-state index in [9.17, 15) is 4.79 Å². The molecule has 0 aromatic rings. The average molecular weight is 272 g/mol. The largest absolute Gasteiger partial charge is 0.457 e. The highest BCUT2D eigenvalue weighted by Gasteiger charge is 2.20. The minimum atomic E-state index is -0.511. The van der Waals surface area contributed by atoms with Gasteiger partial charge in [0.05, 0.1) is 0 Å². The minimum Gasteiger partial charge on any atom is -0.457 e. The molecular weight excluding hydrogens is 244 g/mol. The number of carbonyl (C=O) groups is 1. The fourth-order valence-corrected chi connectivity index (χ4v) is 1.65. The van der Waals surface area contributed by atoms with Gasteiger partial charge in [-0.2, -0.15) is 0 Å². The maximum Gasteiger partial charge on any atom is 0.334 e. The van der Waals surface area contributed by atoms with Crippen LogP contribution >= 0.6 is 0 Å². The molecule has 0 heterocycles. The van der Waals surface area contributed by atoms with Gasteiger partial charge in [-0.05, 0) is 46.6 Å². The van der Waals surface area contributed by atoms with Gasteiger partial charge < -0.3 is 4.74 Å². The van der Waals surface area contributed by atoms with E-state index in [1.807, 2.05) is 20.8 Å². The van der Waals surface area contributed by atoms with Crippen LogP contribution in [0, 0.1) is 0 Å². The van der Waals surface area contributed by atoms with Gasteiger partial charge in [0.2, 0.25) is 0 Å². The zero-order valence-electron chi connectivity index (χ0n) is 12.9. The van der Waals surface area contributed by atoms with Gasteiger partial charge in [0.1, 0.15) is 11.7 Å². The van der Waals surface area contributed by atoms with Crippen molar-refractivity contribution in [2.24, 2.45) is 0 Å². The Labute approximate surface area is 116 Å². The highest BCUT2D eigenvalue weighted by molar-refractivity contribution is 5.88. The Balaban J connectivity index is 4.58. The van der Waals surface area contributed by atoms with Crippen LogP contribution in [0.5, 0.6) is 0 Å². The zero-order chi connectivity index (χ0) is 14.9. The quantitative estimate of drug-likeness (QED) is 0.237. The summed E-state index contributed by atoms with van der Waals surface area (Å²) in [6.45, 7) is 9.34. The third kappa shape index (κ3) is 9.68. The van der Waals surface area contributed by atoms with E-state index in [1.165, 1.54) is 0 Å². The molecule has 0 saturated carbocycles. The minimum absolute atomic E-state index is 0.326. The fourth-order valence-electron chi connectivity index (χ4n) is 1.65. The van der Waals surface area contributed by atoms with Gasteiger partial charge in [-0.15, -0.1) is 0 Å². The molecule has 1 atom stereocenters. The monoisotopic (exact) mass is 272 g/mol. The Kier molecular flexibility index (Phi) is 8.68. The van der Waals surface area contributed by atoms with Crippen molar-refractivity contribution in [3.8, 4) is 0 Å². The molecule has 112 valence electrons. The highest BCUT2D eigenvalue weighted by Crippen LogP contribution is 2.17. The standard InChI is InChI=1S/C15H28O4/c1-6-7-8-9-10-13(11-12(2)19-17)14(16)18-15(3,4)5/h11-12,17H,6-10H2,1-5H3.